The predicted octanol–water partition coefficient (Wildman–Crippen LogP) is 3.55. The van der Waals surface area contributed by atoms with Gasteiger partial charge in [0.15, 0.2) is 0 Å². The van der Waals surface area contributed by atoms with E-state index in [0.29, 0.717) is 0 Å². The Balaban J connectivity index is 1.34. The van der Waals surface area contributed by atoms with E-state index in [-0.39, 0.29) is 36.3 Å². The van der Waals surface area contributed by atoms with E-state index >= 15 is 0 Å². The minimum absolute atomic E-state index is 0.0138. The summed E-state index contributed by atoms with van der Waals surface area (Å²) in [4.78, 5) is 29.2. The summed E-state index contributed by atoms with van der Waals surface area (Å²) >= 11 is 0. The summed E-state index contributed by atoms with van der Waals surface area (Å²) in [6.45, 7) is 0.354. The van der Waals surface area contributed by atoms with E-state index in [0.717, 1.165) is 11.1 Å². The van der Waals surface area contributed by atoms with Crippen LogP contribution in [0.4, 0.5) is 4.39 Å². The van der Waals surface area contributed by atoms with E-state index in [4.69, 9.17) is 4.52 Å². The molecule has 8 heteroatoms. The highest BCUT2D eigenvalue weighted by atomic mass is 19.1. The second kappa shape index (κ2) is 10.3. The number of carbonyl (C=O) groups excluding carboxylic acids is 2. The zero-order valence-corrected chi connectivity index (χ0v) is 17.6. The highest BCUT2D eigenvalue weighted by molar-refractivity contribution is 5.90. The summed E-state index contributed by atoms with van der Waals surface area (Å²) in [5, 5.41) is 9.12. The lowest BCUT2D eigenvalue weighted by Crippen LogP contribution is -2.37. The van der Waals surface area contributed by atoms with Gasteiger partial charge in [-0.25, -0.2) is 4.39 Å². The molecule has 7 nitrogen and oxygen atoms in total. The molecule has 0 fully saturated rings. The average Bonchev–Trinajstić information content (AvgIpc) is 3.34. The van der Waals surface area contributed by atoms with Gasteiger partial charge in [-0.3, -0.25) is 9.59 Å². The van der Waals surface area contributed by atoms with Crippen LogP contribution in [0.25, 0.3) is 11.4 Å². The highest BCUT2D eigenvalue weighted by Crippen LogP contribution is 2.24. The Labute approximate surface area is 189 Å². The first-order valence-corrected chi connectivity index (χ1v) is 10.4. The molecule has 3 aromatic carbocycles. The van der Waals surface area contributed by atoms with Crippen molar-refractivity contribution in [1.82, 2.24) is 20.8 Å². The van der Waals surface area contributed by atoms with Crippen molar-refractivity contribution >= 4 is 11.8 Å². The van der Waals surface area contributed by atoms with E-state index in [1.165, 1.54) is 12.1 Å². The van der Waals surface area contributed by atoms with Crippen molar-refractivity contribution in [3.8, 4) is 11.4 Å². The lowest BCUT2D eigenvalue weighted by Gasteiger charge is -2.18. The van der Waals surface area contributed by atoms with Crippen LogP contribution in [0.5, 0.6) is 0 Å². The lowest BCUT2D eigenvalue weighted by molar-refractivity contribution is -0.121. The predicted molar refractivity (Wildman–Crippen MR) is 120 cm³/mol. The molecule has 0 aliphatic rings. The Bertz CT molecular complexity index is 1190. The van der Waals surface area contributed by atoms with Crippen molar-refractivity contribution in [2.24, 2.45) is 0 Å². The number of halogens is 1. The van der Waals surface area contributed by atoms with Crippen LogP contribution in [-0.2, 0) is 4.79 Å². The molecule has 0 saturated heterocycles. The van der Waals surface area contributed by atoms with Crippen LogP contribution in [0, 0.1) is 5.82 Å². The van der Waals surface area contributed by atoms with Gasteiger partial charge in [0.05, 0.1) is 11.5 Å². The number of nitrogens with one attached hydrogen (secondary N) is 2. The molecule has 0 aliphatic heterocycles. The molecule has 4 aromatic rings. The van der Waals surface area contributed by atoms with Gasteiger partial charge in [-0.2, -0.15) is 4.98 Å². The van der Waals surface area contributed by atoms with Crippen molar-refractivity contribution in [3.63, 3.8) is 0 Å². The van der Waals surface area contributed by atoms with Crippen LogP contribution in [0.15, 0.2) is 89.5 Å². The summed E-state index contributed by atoms with van der Waals surface area (Å²) in [7, 11) is 0. The van der Waals surface area contributed by atoms with Gasteiger partial charge in [0.2, 0.25) is 11.7 Å². The number of nitrogens with zero attached hydrogens (tertiary/aromatic N) is 2. The van der Waals surface area contributed by atoms with Crippen LogP contribution < -0.4 is 10.6 Å². The molecule has 2 N–H and O–H groups in total. The third kappa shape index (κ3) is 5.30. The van der Waals surface area contributed by atoms with Crippen molar-refractivity contribution in [1.29, 1.82) is 0 Å². The molecular formula is C25H21FN4O3. The summed E-state index contributed by atoms with van der Waals surface area (Å²) in [6, 6.07) is 24.9. The molecule has 2 amide bonds. The van der Waals surface area contributed by atoms with E-state index in [9.17, 15) is 14.0 Å². The first-order chi connectivity index (χ1) is 16.1. The maximum Gasteiger partial charge on any atom is 0.316 e. The molecule has 33 heavy (non-hydrogen) atoms. The molecule has 0 aliphatic carbocycles. The number of amides is 2. The summed E-state index contributed by atoms with van der Waals surface area (Å²) in [5.41, 5.74) is 1.88. The van der Waals surface area contributed by atoms with Crippen LogP contribution >= 0.6 is 0 Å². The van der Waals surface area contributed by atoms with Gasteiger partial charge >= 0.3 is 11.8 Å². The minimum Gasteiger partial charge on any atom is -0.354 e. The number of aromatic nitrogens is 2. The molecule has 0 spiro atoms. The largest absolute Gasteiger partial charge is 0.354 e. The molecule has 166 valence electrons. The van der Waals surface area contributed by atoms with Gasteiger partial charge in [0.25, 0.3) is 0 Å². The van der Waals surface area contributed by atoms with Gasteiger partial charge in [-0.1, -0.05) is 78.0 Å². The summed E-state index contributed by atoms with van der Waals surface area (Å²) in [5.74, 6) is -2.07. The quantitative estimate of drug-likeness (QED) is 0.405. The fraction of sp³-hybridized carbons (Fsp3) is 0.120. The Kier molecular flexibility index (Phi) is 6.84. The molecule has 0 radical (unpaired) electrons. The maximum atomic E-state index is 13.9. The molecule has 0 unspecified atom stereocenters. The van der Waals surface area contributed by atoms with E-state index in [1.54, 1.807) is 12.1 Å². The topological polar surface area (TPSA) is 97.1 Å². The molecule has 0 atom stereocenters. The summed E-state index contributed by atoms with van der Waals surface area (Å²) < 4.78 is 18.8. The molecule has 0 bridgehead atoms. The van der Waals surface area contributed by atoms with Crippen LogP contribution in [0.1, 0.15) is 27.7 Å². The Hall–Kier alpha value is -4.33. The number of carbonyl (C=O) groups is 2. The molecular weight excluding hydrogens is 423 g/mol. The monoisotopic (exact) mass is 444 g/mol. The van der Waals surface area contributed by atoms with Gasteiger partial charge in [-0.15, -0.1) is 0 Å². The first kappa shape index (κ1) is 21.9. The van der Waals surface area contributed by atoms with Gasteiger partial charge in [0, 0.05) is 13.1 Å². The second-order valence-corrected chi connectivity index (χ2v) is 7.20. The molecule has 1 heterocycles. The van der Waals surface area contributed by atoms with Crippen LogP contribution in [0.3, 0.4) is 0 Å². The normalized spacial score (nSPS) is 10.7. The Morgan fingerprint density at radius 3 is 2.03 bits per heavy atom. The number of hydrogen-bond acceptors (Lipinski definition) is 5. The second-order valence-electron chi connectivity index (χ2n) is 7.20. The zero-order valence-electron chi connectivity index (χ0n) is 17.6. The average molecular weight is 444 g/mol. The molecule has 4 rings (SSSR count). The standard InChI is InChI=1S/C25H21FN4O3/c26-20-14-8-7-13-19(20)22-29-25(33-30-22)24(32)28-16-15-27-23(31)21(17-9-3-1-4-10-17)18-11-5-2-6-12-18/h1-14,21H,15-16H2,(H,27,31)(H,28,32). The molecule has 0 saturated carbocycles. The van der Waals surface area contributed by atoms with Gasteiger partial charge < -0.3 is 15.2 Å². The number of rotatable bonds is 8. The maximum absolute atomic E-state index is 13.9. The zero-order chi connectivity index (χ0) is 23.0. The van der Waals surface area contributed by atoms with Crippen LogP contribution in [0.2, 0.25) is 0 Å². The van der Waals surface area contributed by atoms with Crippen molar-refractivity contribution < 1.29 is 18.5 Å². The fourth-order valence-corrected chi connectivity index (χ4v) is 3.39. The van der Waals surface area contributed by atoms with Crippen molar-refractivity contribution in [3.05, 3.63) is 108 Å². The van der Waals surface area contributed by atoms with E-state index in [1.807, 2.05) is 60.7 Å². The molecule has 1 aromatic heterocycles. The SMILES string of the molecule is O=C(NCCNC(=O)C(c1ccccc1)c1ccccc1)c1nc(-c2ccccc2F)no1. The van der Waals surface area contributed by atoms with Crippen molar-refractivity contribution in [2.45, 2.75) is 5.92 Å². The van der Waals surface area contributed by atoms with Crippen molar-refractivity contribution in [2.75, 3.05) is 13.1 Å². The highest BCUT2D eigenvalue weighted by Gasteiger charge is 2.22. The third-order valence-electron chi connectivity index (χ3n) is 4.97. The first-order valence-electron chi connectivity index (χ1n) is 10.4. The van der Waals surface area contributed by atoms with E-state index in [2.05, 4.69) is 20.8 Å². The number of benzene rings is 3. The fourth-order valence-electron chi connectivity index (χ4n) is 3.39. The van der Waals surface area contributed by atoms with E-state index < -0.39 is 17.6 Å². The van der Waals surface area contributed by atoms with Gasteiger partial charge in [-0.05, 0) is 23.3 Å². The third-order valence-corrected chi connectivity index (χ3v) is 4.97. The smallest absolute Gasteiger partial charge is 0.316 e. The Morgan fingerprint density at radius 1 is 0.818 bits per heavy atom. The summed E-state index contributed by atoms with van der Waals surface area (Å²) in [6.07, 6.45) is 0. The number of hydrogen-bond donors (Lipinski definition) is 2. The lowest BCUT2D eigenvalue weighted by atomic mass is 9.90. The van der Waals surface area contributed by atoms with Crippen LogP contribution in [-0.4, -0.2) is 35.0 Å². The van der Waals surface area contributed by atoms with Gasteiger partial charge in [0.1, 0.15) is 5.82 Å². The Morgan fingerprint density at radius 2 is 1.39 bits per heavy atom. The minimum atomic E-state index is -0.609.